The molecule has 1 heterocycles. The first-order chi connectivity index (χ1) is 7.54. The molecule has 1 aliphatic rings. The molecule has 0 aliphatic carbocycles. The molecule has 0 aromatic heterocycles. The van der Waals surface area contributed by atoms with E-state index in [0.717, 1.165) is 0 Å². The lowest BCUT2D eigenvalue weighted by atomic mass is 10.2. The highest BCUT2D eigenvalue weighted by molar-refractivity contribution is 9.10. The Bertz CT molecular complexity index is 444. The molecule has 2 rings (SSSR count). The number of benzene rings is 1. The molecule has 0 radical (unpaired) electrons. The zero-order chi connectivity index (χ0) is 11.7. The van der Waals surface area contributed by atoms with Gasteiger partial charge >= 0.3 is 6.03 Å². The molecular formula is C10H8BrFN2O2. The van der Waals surface area contributed by atoms with Gasteiger partial charge in [-0.25, -0.2) is 9.18 Å². The van der Waals surface area contributed by atoms with E-state index >= 15 is 0 Å². The van der Waals surface area contributed by atoms with Crippen molar-refractivity contribution in [3.05, 3.63) is 34.1 Å². The molecule has 0 atom stereocenters. The summed E-state index contributed by atoms with van der Waals surface area (Å²) in [7, 11) is 0. The summed E-state index contributed by atoms with van der Waals surface area (Å²) < 4.78 is 13.7. The monoisotopic (exact) mass is 286 g/mol. The molecule has 0 spiro atoms. The minimum atomic E-state index is -0.439. The quantitative estimate of drug-likeness (QED) is 0.841. The highest BCUT2D eigenvalue weighted by Gasteiger charge is 2.26. The van der Waals surface area contributed by atoms with E-state index in [4.69, 9.17) is 0 Å². The number of hydrogen-bond acceptors (Lipinski definition) is 2. The van der Waals surface area contributed by atoms with Crippen LogP contribution in [0.5, 0.6) is 0 Å². The molecule has 1 aromatic rings. The van der Waals surface area contributed by atoms with Crippen LogP contribution in [0.15, 0.2) is 22.7 Å². The van der Waals surface area contributed by atoms with Crippen LogP contribution in [0.2, 0.25) is 0 Å². The second kappa shape index (κ2) is 4.21. The molecule has 4 nitrogen and oxygen atoms in total. The predicted molar refractivity (Wildman–Crippen MR) is 58.0 cm³/mol. The van der Waals surface area contributed by atoms with Crippen molar-refractivity contribution in [2.75, 3.05) is 6.54 Å². The molecular weight excluding hydrogens is 279 g/mol. The molecule has 1 aliphatic heterocycles. The molecule has 6 heteroatoms. The molecule has 16 heavy (non-hydrogen) atoms. The molecule has 1 aromatic carbocycles. The van der Waals surface area contributed by atoms with Crippen LogP contribution in [0.3, 0.4) is 0 Å². The Morgan fingerprint density at radius 1 is 1.38 bits per heavy atom. The summed E-state index contributed by atoms with van der Waals surface area (Å²) in [6.07, 6.45) is 0. The van der Waals surface area contributed by atoms with E-state index < -0.39 is 6.03 Å². The number of rotatable bonds is 2. The van der Waals surface area contributed by atoms with Gasteiger partial charge in [0.15, 0.2) is 0 Å². The topological polar surface area (TPSA) is 49.4 Å². The molecule has 1 saturated heterocycles. The Hall–Kier alpha value is -1.43. The van der Waals surface area contributed by atoms with Gasteiger partial charge in [-0.2, -0.15) is 0 Å². The minimum Gasteiger partial charge on any atom is -0.311 e. The first-order valence-electron chi connectivity index (χ1n) is 4.58. The molecule has 84 valence electrons. The fourth-order valence-electron chi connectivity index (χ4n) is 1.53. The Labute approximate surface area is 99.6 Å². The lowest BCUT2D eigenvalue weighted by Crippen LogP contribution is -2.27. The van der Waals surface area contributed by atoms with Gasteiger partial charge in [0.25, 0.3) is 0 Å². The fourth-order valence-corrected chi connectivity index (χ4v) is 2.05. The first-order valence-corrected chi connectivity index (χ1v) is 5.37. The predicted octanol–water partition coefficient (Wildman–Crippen LogP) is 1.64. The highest BCUT2D eigenvalue weighted by Crippen LogP contribution is 2.17. The number of imide groups is 1. The summed E-state index contributed by atoms with van der Waals surface area (Å²) in [4.78, 5) is 23.5. The number of carbonyl (C=O) groups is 2. The molecule has 0 bridgehead atoms. The third kappa shape index (κ3) is 2.38. The van der Waals surface area contributed by atoms with E-state index in [1.807, 2.05) is 0 Å². The van der Waals surface area contributed by atoms with Crippen LogP contribution in [0.4, 0.5) is 9.18 Å². The third-order valence-electron chi connectivity index (χ3n) is 2.16. The molecule has 0 unspecified atom stereocenters. The minimum absolute atomic E-state index is 0.0208. The number of nitrogens with one attached hydrogen (secondary N) is 1. The lowest BCUT2D eigenvalue weighted by molar-refractivity contribution is -0.118. The normalized spacial score (nSPS) is 15.5. The van der Waals surface area contributed by atoms with Crippen LogP contribution < -0.4 is 5.32 Å². The van der Waals surface area contributed by atoms with Gasteiger partial charge in [-0.1, -0.05) is 15.9 Å². The zero-order valence-corrected chi connectivity index (χ0v) is 9.75. The van der Waals surface area contributed by atoms with Crippen molar-refractivity contribution < 1.29 is 14.0 Å². The van der Waals surface area contributed by atoms with Crippen LogP contribution in [0.1, 0.15) is 5.56 Å². The maximum atomic E-state index is 13.1. The van der Waals surface area contributed by atoms with E-state index in [1.165, 1.54) is 17.0 Å². The summed E-state index contributed by atoms with van der Waals surface area (Å²) in [6.45, 7) is 0.237. The summed E-state index contributed by atoms with van der Waals surface area (Å²) in [5, 5.41) is 2.16. The van der Waals surface area contributed by atoms with Crippen molar-refractivity contribution in [3.63, 3.8) is 0 Å². The van der Waals surface area contributed by atoms with Gasteiger partial charge in [0, 0.05) is 11.0 Å². The van der Waals surface area contributed by atoms with Crippen molar-refractivity contribution in [2.45, 2.75) is 6.54 Å². The van der Waals surface area contributed by atoms with Gasteiger partial charge in [0.05, 0.1) is 0 Å². The third-order valence-corrected chi connectivity index (χ3v) is 2.62. The van der Waals surface area contributed by atoms with E-state index in [-0.39, 0.29) is 24.8 Å². The van der Waals surface area contributed by atoms with Gasteiger partial charge in [0.1, 0.15) is 12.4 Å². The van der Waals surface area contributed by atoms with Crippen LogP contribution >= 0.6 is 15.9 Å². The Morgan fingerprint density at radius 2 is 2.12 bits per heavy atom. The lowest BCUT2D eigenvalue weighted by Gasteiger charge is -2.13. The summed E-state index contributed by atoms with van der Waals surface area (Å²) in [6, 6.07) is 3.93. The second-order valence-corrected chi connectivity index (χ2v) is 4.40. The Morgan fingerprint density at radius 3 is 2.69 bits per heavy atom. The van der Waals surface area contributed by atoms with Crippen LogP contribution in [0.25, 0.3) is 0 Å². The van der Waals surface area contributed by atoms with Gasteiger partial charge in [-0.05, 0) is 23.8 Å². The van der Waals surface area contributed by atoms with Crippen molar-refractivity contribution >= 4 is 27.9 Å². The van der Waals surface area contributed by atoms with Gasteiger partial charge < -0.3 is 4.90 Å². The molecule has 1 N–H and O–H groups in total. The fraction of sp³-hybridized carbons (Fsp3) is 0.200. The van der Waals surface area contributed by atoms with Gasteiger partial charge in [-0.3, -0.25) is 10.1 Å². The maximum Gasteiger partial charge on any atom is 0.324 e. The average molecular weight is 287 g/mol. The van der Waals surface area contributed by atoms with Crippen molar-refractivity contribution in [2.24, 2.45) is 0 Å². The average Bonchev–Trinajstić information content (AvgIpc) is 2.43. The number of urea groups is 1. The Balaban J connectivity index is 2.15. The summed E-state index contributed by atoms with van der Waals surface area (Å²) in [5.74, 6) is -0.712. The van der Waals surface area contributed by atoms with Crippen molar-refractivity contribution in [1.29, 1.82) is 0 Å². The van der Waals surface area contributed by atoms with E-state index in [0.29, 0.717) is 10.0 Å². The molecule has 3 amide bonds. The number of carbonyl (C=O) groups excluding carboxylic acids is 2. The van der Waals surface area contributed by atoms with Gasteiger partial charge in [-0.15, -0.1) is 0 Å². The highest BCUT2D eigenvalue weighted by atomic mass is 79.9. The standard InChI is InChI=1S/C10H8BrFN2O2/c11-7-1-6(2-8(12)3-7)4-14-5-9(15)13-10(14)16/h1-3H,4-5H2,(H,13,15,16). The van der Waals surface area contributed by atoms with Crippen LogP contribution in [-0.4, -0.2) is 23.4 Å². The number of amides is 3. The second-order valence-electron chi connectivity index (χ2n) is 3.49. The maximum absolute atomic E-state index is 13.1. The van der Waals surface area contributed by atoms with E-state index in [2.05, 4.69) is 21.2 Å². The number of nitrogens with zero attached hydrogens (tertiary/aromatic N) is 1. The number of halogens is 2. The van der Waals surface area contributed by atoms with Crippen LogP contribution in [0, 0.1) is 5.82 Å². The Kier molecular flexibility index (Phi) is 2.91. The smallest absolute Gasteiger partial charge is 0.311 e. The SMILES string of the molecule is O=C1CN(Cc2cc(F)cc(Br)c2)C(=O)N1. The van der Waals surface area contributed by atoms with Gasteiger partial charge in [0.2, 0.25) is 5.91 Å². The largest absolute Gasteiger partial charge is 0.324 e. The molecule has 1 fully saturated rings. The zero-order valence-electron chi connectivity index (χ0n) is 8.17. The first kappa shape index (κ1) is 11.1. The van der Waals surface area contributed by atoms with E-state index in [9.17, 15) is 14.0 Å². The number of hydrogen-bond donors (Lipinski definition) is 1. The van der Waals surface area contributed by atoms with Crippen molar-refractivity contribution in [3.8, 4) is 0 Å². The summed E-state index contributed by atoms with van der Waals surface area (Å²) in [5.41, 5.74) is 0.636. The summed E-state index contributed by atoms with van der Waals surface area (Å²) >= 11 is 3.16. The van der Waals surface area contributed by atoms with Crippen LogP contribution in [-0.2, 0) is 11.3 Å². The molecule has 0 saturated carbocycles. The van der Waals surface area contributed by atoms with E-state index in [1.54, 1.807) is 6.07 Å². The van der Waals surface area contributed by atoms with Crippen molar-refractivity contribution in [1.82, 2.24) is 10.2 Å².